The molecule has 0 spiro atoms. The maximum absolute atomic E-state index is 13.8. The summed E-state index contributed by atoms with van der Waals surface area (Å²) < 4.78 is 1.86. The minimum absolute atomic E-state index is 0.00672. The Morgan fingerprint density at radius 3 is 2.53 bits per heavy atom. The third kappa shape index (κ3) is 2.87. The van der Waals surface area contributed by atoms with Gasteiger partial charge in [0.25, 0.3) is 5.91 Å². The van der Waals surface area contributed by atoms with E-state index in [9.17, 15) is 4.79 Å². The summed E-state index contributed by atoms with van der Waals surface area (Å²) in [5, 5.41) is 0. The van der Waals surface area contributed by atoms with Crippen LogP contribution in [0.2, 0.25) is 0 Å². The molecule has 0 atom stereocenters. The zero-order valence-electron chi connectivity index (χ0n) is 16.9. The van der Waals surface area contributed by atoms with Crippen LogP contribution < -0.4 is 0 Å². The van der Waals surface area contributed by atoms with Crippen LogP contribution >= 0.6 is 0 Å². The number of amides is 1. The van der Waals surface area contributed by atoms with E-state index in [0.717, 1.165) is 31.4 Å². The van der Waals surface area contributed by atoms with Crippen molar-refractivity contribution in [2.45, 2.75) is 31.2 Å². The number of benzene rings is 2. The quantitative estimate of drug-likeness (QED) is 0.513. The van der Waals surface area contributed by atoms with Gasteiger partial charge in [-0.3, -0.25) is 9.36 Å². The lowest BCUT2D eigenvalue weighted by Crippen LogP contribution is -2.45. The van der Waals surface area contributed by atoms with Gasteiger partial charge in [-0.15, -0.1) is 0 Å². The Hall–Kier alpha value is -3.54. The topological polar surface area (TPSA) is 63.9 Å². The van der Waals surface area contributed by atoms with Gasteiger partial charge in [-0.05, 0) is 30.5 Å². The zero-order valence-corrected chi connectivity index (χ0v) is 16.9. The first kappa shape index (κ1) is 18.5. The highest BCUT2D eigenvalue weighted by Gasteiger charge is 2.42. The molecule has 2 aromatic heterocycles. The third-order valence-electron chi connectivity index (χ3n) is 6.30. The molecule has 1 fully saturated rings. The van der Waals surface area contributed by atoms with E-state index in [2.05, 4.69) is 39.2 Å². The highest BCUT2D eigenvalue weighted by molar-refractivity contribution is 5.98. The molecule has 6 nitrogen and oxygen atoms in total. The predicted octanol–water partition coefficient (Wildman–Crippen LogP) is 4.36. The minimum atomic E-state index is -0.273. The molecule has 5 rings (SSSR count). The van der Waals surface area contributed by atoms with E-state index in [0.29, 0.717) is 16.7 Å². The molecule has 0 N–H and O–H groups in total. The van der Waals surface area contributed by atoms with Gasteiger partial charge in [0.05, 0.1) is 23.0 Å². The number of imidazole rings is 1. The number of hydrogen-bond acceptors (Lipinski definition) is 4. The molecule has 6 heteroatoms. The Labute approximate surface area is 175 Å². The Kier molecular flexibility index (Phi) is 4.54. The van der Waals surface area contributed by atoms with E-state index >= 15 is 0 Å². The van der Waals surface area contributed by atoms with Crippen LogP contribution in [0.5, 0.6) is 0 Å². The zero-order chi connectivity index (χ0) is 20.6. The second-order valence-electron chi connectivity index (χ2n) is 7.83. The molecular formula is C24H23N5O. The molecule has 30 heavy (non-hydrogen) atoms. The van der Waals surface area contributed by atoms with Gasteiger partial charge in [-0.25, -0.2) is 15.0 Å². The lowest BCUT2D eigenvalue weighted by Gasteiger charge is -2.40. The first-order chi connectivity index (χ1) is 14.7. The highest BCUT2D eigenvalue weighted by atomic mass is 16.2. The van der Waals surface area contributed by atoms with Gasteiger partial charge in [0, 0.05) is 7.05 Å². The summed E-state index contributed by atoms with van der Waals surface area (Å²) in [6.45, 7) is 0. The monoisotopic (exact) mass is 397 g/mol. The lowest BCUT2D eigenvalue weighted by molar-refractivity contribution is 0.0560. The molecular weight excluding hydrogens is 374 g/mol. The summed E-state index contributed by atoms with van der Waals surface area (Å²) >= 11 is 0. The minimum Gasteiger partial charge on any atom is -0.332 e. The molecule has 150 valence electrons. The smallest absolute Gasteiger partial charge is 0.256 e. The first-order valence-electron chi connectivity index (χ1n) is 10.3. The SMILES string of the molecule is CN(C(=O)c1ccccc1-n1cnc2cncnc21)C1(c2ccccc2)CCCC1. The summed E-state index contributed by atoms with van der Waals surface area (Å²) in [4.78, 5) is 28.6. The van der Waals surface area contributed by atoms with E-state index in [1.54, 1.807) is 12.5 Å². The second kappa shape index (κ2) is 7.37. The van der Waals surface area contributed by atoms with E-state index in [1.807, 2.05) is 46.8 Å². The standard InChI is InChI=1S/C24H23N5O/c1-28(24(13-7-8-14-24)18-9-3-2-4-10-18)23(30)19-11-5-6-12-21(19)29-17-27-20-15-25-16-26-22(20)29/h2-6,9-12,15-17H,7-8,13-14H2,1H3. The van der Waals surface area contributed by atoms with Crippen molar-refractivity contribution in [1.29, 1.82) is 0 Å². The van der Waals surface area contributed by atoms with Crippen molar-refractivity contribution in [3.63, 3.8) is 0 Å². The van der Waals surface area contributed by atoms with Crippen LogP contribution in [0.15, 0.2) is 73.4 Å². The van der Waals surface area contributed by atoms with Crippen LogP contribution in [0.4, 0.5) is 0 Å². The van der Waals surface area contributed by atoms with Crippen LogP contribution in [0.1, 0.15) is 41.6 Å². The fourth-order valence-corrected chi connectivity index (χ4v) is 4.71. The Bertz CT molecular complexity index is 1190. The molecule has 0 unspecified atom stereocenters. The summed E-state index contributed by atoms with van der Waals surface area (Å²) in [6.07, 6.45) is 9.08. The van der Waals surface area contributed by atoms with Crippen molar-refractivity contribution in [2.75, 3.05) is 7.05 Å². The second-order valence-corrected chi connectivity index (χ2v) is 7.83. The third-order valence-corrected chi connectivity index (χ3v) is 6.30. The number of nitrogens with zero attached hydrogens (tertiary/aromatic N) is 5. The summed E-state index contributed by atoms with van der Waals surface area (Å²) in [5.41, 5.74) is 3.73. The largest absolute Gasteiger partial charge is 0.332 e. The van der Waals surface area contributed by atoms with E-state index in [4.69, 9.17) is 0 Å². The molecule has 1 saturated carbocycles. The van der Waals surface area contributed by atoms with Crippen molar-refractivity contribution in [3.05, 3.63) is 84.6 Å². The van der Waals surface area contributed by atoms with Gasteiger partial charge in [0.1, 0.15) is 18.2 Å². The van der Waals surface area contributed by atoms with Gasteiger partial charge < -0.3 is 4.90 Å². The van der Waals surface area contributed by atoms with Crippen molar-refractivity contribution in [3.8, 4) is 5.69 Å². The maximum Gasteiger partial charge on any atom is 0.256 e. The molecule has 0 radical (unpaired) electrons. The van der Waals surface area contributed by atoms with Gasteiger partial charge in [0.15, 0.2) is 5.65 Å². The number of carbonyl (C=O) groups excluding carboxylic acids is 1. The molecule has 4 aromatic rings. The van der Waals surface area contributed by atoms with Gasteiger partial charge in [-0.1, -0.05) is 55.3 Å². The predicted molar refractivity (Wildman–Crippen MR) is 115 cm³/mol. The van der Waals surface area contributed by atoms with Crippen molar-refractivity contribution in [1.82, 2.24) is 24.4 Å². The molecule has 2 heterocycles. The van der Waals surface area contributed by atoms with Crippen LogP contribution in [-0.4, -0.2) is 37.4 Å². The number of hydrogen-bond donors (Lipinski definition) is 0. The number of para-hydroxylation sites is 1. The maximum atomic E-state index is 13.8. The van der Waals surface area contributed by atoms with E-state index in [1.165, 1.54) is 11.9 Å². The molecule has 1 amide bonds. The molecule has 0 saturated heterocycles. The first-order valence-corrected chi connectivity index (χ1v) is 10.3. The molecule has 1 aliphatic rings. The fourth-order valence-electron chi connectivity index (χ4n) is 4.71. The summed E-state index contributed by atoms with van der Waals surface area (Å²) in [6, 6.07) is 18.1. The normalized spacial score (nSPS) is 15.4. The van der Waals surface area contributed by atoms with E-state index in [-0.39, 0.29) is 11.4 Å². The number of carbonyl (C=O) groups is 1. The Morgan fingerprint density at radius 1 is 1.00 bits per heavy atom. The van der Waals surface area contributed by atoms with Crippen molar-refractivity contribution >= 4 is 17.1 Å². The van der Waals surface area contributed by atoms with Crippen molar-refractivity contribution < 1.29 is 4.79 Å². The lowest BCUT2D eigenvalue weighted by atomic mass is 9.86. The summed E-state index contributed by atoms with van der Waals surface area (Å²) in [5.74, 6) is 0.00672. The average Bonchev–Trinajstić information content (AvgIpc) is 3.47. The van der Waals surface area contributed by atoms with Crippen LogP contribution in [0, 0.1) is 0 Å². The highest BCUT2D eigenvalue weighted by Crippen LogP contribution is 2.44. The molecule has 0 aliphatic heterocycles. The fraction of sp³-hybridized carbons (Fsp3) is 0.250. The Morgan fingerprint density at radius 2 is 1.73 bits per heavy atom. The van der Waals surface area contributed by atoms with Gasteiger partial charge in [0.2, 0.25) is 0 Å². The number of aromatic nitrogens is 4. The van der Waals surface area contributed by atoms with Crippen LogP contribution in [0.25, 0.3) is 16.9 Å². The van der Waals surface area contributed by atoms with Crippen LogP contribution in [-0.2, 0) is 5.54 Å². The number of fused-ring (bicyclic) bond motifs is 1. The van der Waals surface area contributed by atoms with Crippen molar-refractivity contribution in [2.24, 2.45) is 0 Å². The average molecular weight is 397 g/mol. The molecule has 0 bridgehead atoms. The molecule has 2 aromatic carbocycles. The van der Waals surface area contributed by atoms with Crippen LogP contribution in [0.3, 0.4) is 0 Å². The van der Waals surface area contributed by atoms with Gasteiger partial charge in [-0.2, -0.15) is 0 Å². The molecule has 1 aliphatic carbocycles. The summed E-state index contributed by atoms with van der Waals surface area (Å²) in [7, 11) is 1.94. The number of rotatable bonds is 4. The van der Waals surface area contributed by atoms with E-state index < -0.39 is 0 Å². The Balaban J connectivity index is 1.59. The van der Waals surface area contributed by atoms with Gasteiger partial charge >= 0.3 is 0 Å².